The van der Waals surface area contributed by atoms with E-state index in [1.807, 2.05) is 0 Å². The highest BCUT2D eigenvalue weighted by Gasteiger charge is 2.32. The number of hydrogen-bond acceptors (Lipinski definition) is 5. The molecule has 0 saturated carbocycles. The van der Waals surface area contributed by atoms with E-state index in [0.717, 1.165) is 0 Å². The summed E-state index contributed by atoms with van der Waals surface area (Å²) in [7, 11) is 3.07. The Bertz CT molecular complexity index is 929. The number of amides is 4. The maximum atomic E-state index is 12.8. The van der Waals surface area contributed by atoms with Gasteiger partial charge in [0.2, 0.25) is 11.8 Å². The van der Waals surface area contributed by atoms with Gasteiger partial charge >= 0.3 is 6.03 Å². The van der Waals surface area contributed by atoms with Gasteiger partial charge in [-0.05, 0) is 36.4 Å². The molecule has 3 rings (SSSR count). The van der Waals surface area contributed by atoms with E-state index in [4.69, 9.17) is 15.2 Å². The summed E-state index contributed by atoms with van der Waals surface area (Å²) < 4.78 is 10.6. The maximum Gasteiger partial charge on any atom is 0.325 e. The van der Waals surface area contributed by atoms with Crippen LogP contribution in [0.15, 0.2) is 42.5 Å². The van der Waals surface area contributed by atoms with Crippen LogP contribution >= 0.6 is 0 Å². The first kappa shape index (κ1) is 20.0. The molecule has 1 heterocycles. The van der Waals surface area contributed by atoms with Crippen LogP contribution in [0.3, 0.4) is 0 Å². The Morgan fingerprint density at radius 1 is 1.07 bits per heavy atom. The Morgan fingerprint density at radius 3 is 2.41 bits per heavy atom. The van der Waals surface area contributed by atoms with Crippen molar-refractivity contribution in [2.75, 3.05) is 44.1 Å². The summed E-state index contributed by atoms with van der Waals surface area (Å²) >= 11 is 0. The molecule has 1 aliphatic heterocycles. The van der Waals surface area contributed by atoms with Crippen LogP contribution in [0.1, 0.15) is 10.4 Å². The van der Waals surface area contributed by atoms with Crippen LogP contribution in [0.2, 0.25) is 0 Å². The van der Waals surface area contributed by atoms with Gasteiger partial charge in [-0.25, -0.2) is 4.79 Å². The summed E-state index contributed by atoms with van der Waals surface area (Å²) in [5, 5.41) is 2.70. The van der Waals surface area contributed by atoms with E-state index in [0.29, 0.717) is 41.5 Å². The predicted molar refractivity (Wildman–Crippen MR) is 107 cm³/mol. The molecule has 0 radical (unpaired) electrons. The average molecular weight is 398 g/mol. The van der Waals surface area contributed by atoms with Gasteiger partial charge in [0.1, 0.15) is 18.0 Å². The van der Waals surface area contributed by atoms with Crippen molar-refractivity contribution in [3.8, 4) is 11.5 Å². The zero-order chi connectivity index (χ0) is 21.0. The lowest BCUT2D eigenvalue weighted by Crippen LogP contribution is -2.37. The van der Waals surface area contributed by atoms with Gasteiger partial charge in [0.05, 0.1) is 19.9 Å². The molecule has 29 heavy (non-hydrogen) atoms. The Morgan fingerprint density at radius 2 is 1.79 bits per heavy atom. The molecule has 152 valence electrons. The topological polar surface area (TPSA) is 114 Å². The first-order chi connectivity index (χ1) is 13.9. The van der Waals surface area contributed by atoms with Crippen molar-refractivity contribution >= 4 is 29.2 Å². The molecule has 9 nitrogen and oxygen atoms in total. The van der Waals surface area contributed by atoms with Crippen LogP contribution in [0, 0.1) is 0 Å². The smallest absolute Gasteiger partial charge is 0.325 e. The van der Waals surface area contributed by atoms with Crippen molar-refractivity contribution in [3.63, 3.8) is 0 Å². The van der Waals surface area contributed by atoms with E-state index in [1.54, 1.807) is 42.3 Å². The minimum Gasteiger partial charge on any atom is -0.497 e. The van der Waals surface area contributed by atoms with E-state index < -0.39 is 5.91 Å². The van der Waals surface area contributed by atoms with Gasteiger partial charge in [-0.2, -0.15) is 0 Å². The van der Waals surface area contributed by atoms with Crippen molar-refractivity contribution < 1.29 is 23.9 Å². The molecule has 0 atom stereocenters. The van der Waals surface area contributed by atoms with Crippen LogP contribution in [0.25, 0.3) is 0 Å². The molecule has 2 aromatic rings. The number of hydrogen-bond donors (Lipinski definition) is 2. The number of carbonyl (C=O) groups excluding carboxylic acids is 3. The molecule has 3 N–H and O–H groups in total. The van der Waals surface area contributed by atoms with Crippen molar-refractivity contribution in [2.24, 2.45) is 5.73 Å². The molecular weight excluding hydrogens is 376 g/mol. The molecule has 0 bridgehead atoms. The SMILES string of the molecule is COc1ccc(OC)c(N2CCN(CC(=O)Nc3ccc(C(N)=O)cc3)C2=O)c1. The fourth-order valence-electron chi connectivity index (χ4n) is 3.05. The first-order valence-corrected chi connectivity index (χ1v) is 8.91. The number of ether oxygens (including phenoxy) is 2. The van der Waals surface area contributed by atoms with Crippen LogP contribution < -0.4 is 25.4 Å². The third kappa shape index (κ3) is 4.40. The Hall–Kier alpha value is -3.75. The third-order valence-corrected chi connectivity index (χ3v) is 4.56. The van der Waals surface area contributed by atoms with Gasteiger partial charge in [-0.3, -0.25) is 14.5 Å². The number of benzene rings is 2. The maximum absolute atomic E-state index is 12.8. The van der Waals surface area contributed by atoms with E-state index in [1.165, 1.54) is 24.1 Å². The summed E-state index contributed by atoms with van der Waals surface area (Å²) in [4.78, 5) is 39.3. The monoisotopic (exact) mass is 398 g/mol. The summed E-state index contributed by atoms with van der Waals surface area (Å²) in [6, 6.07) is 11.1. The number of nitrogens with one attached hydrogen (secondary N) is 1. The molecule has 9 heteroatoms. The molecule has 0 aromatic heterocycles. The van der Waals surface area contributed by atoms with Gasteiger partial charge in [0, 0.05) is 30.4 Å². The summed E-state index contributed by atoms with van der Waals surface area (Å²) in [6.07, 6.45) is 0. The summed E-state index contributed by atoms with van der Waals surface area (Å²) in [6.45, 7) is 0.718. The van der Waals surface area contributed by atoms with Crippen LogP contribution in [0.4, 0.5) is 16.2 Å². The third-order valence-electron chi connectivity index (χ3n) is 4.56. The molecule has 1 aliphatic rings. The van der Waals surface area contributed by atoms with Crippen molar-refractivity contribution in [1.29, 1.82) is 0 Å². The number of urea groups is 1. The van der Waals surface area contributed by atoms with Crippen molar-refractivity contribution in [3.05, 3.63) is 48.0 Å². The lowest BCUT2D eigenvalue weighted by molar-refractivity contribution is -0.116. The number of anilines is 2. The number of nitrogens with zero attached hydrogens (tertiary/aromatic N) is 2. The van der Waals surface area contributed by atoms with Gasteiger partial charge in [0.25, 0.3) is 0 Å². The fraction of sp³-hybridized carbons (Fsp3) is 0.250. The van der Waals surface area contributed by atoms with E-state index in [2.05, 4.69) is 5.32 Å². The number of rotatable bonds is 7. The Labute approximate surface area is 168 Å². The highest BCUT2D eigenvalue weighted by Crippen LogP contribution is 2.34. The first-order valence-electron chi connectivity index (χ1n) is 8.91. The van der Waals surface area contributed by atoms with Crippen LogP contribution in [-0.4, -0.2) is 56.6 Å². The molecular formula is C20H22N4O5. The zero-order valence-corrected chi connectivity index (χ0v) is 16.2. The van der Waals surface area contributed by atoms with Gasteiger partial charge < -0.3 is 25.4 Å². The minimum atomic E-state index is -0.543. The van der Waals surface area contributed by atoms with Crippen molar-refractivity contribution in [2.45, 2.75) is 0 Å². The highest BCUT2D eigenvalue weighted by atomic mass is 16.5. The minimum absolute atomic E-state index is 0.0980. The van der Waals surface area contributed by atoms with Gasteiger partial charge in [-0.1, -0.05) is 0 Å². The molecule has 0 unspecified atom stereocenters. The second-order valence-corrected chi connectivity index (χ2v) is 6.38. The second-order valence-electron chi connectivity index (χ2n) is 6.38. The summed E-state index contributed by atoms with van der Waals surface area (Å²) in [5.41, 5.74) is 6.64. The van der Waals surface area contributed by atoms with E-state index in [9.17, 15) is 14.4 Å². The molecule has 4 amide bonds. The lowest BCUT2D eigenvalue weighted by Gasteiger charge is -2.21. The average Bonchev–Trinajstić information content (AvgIpc) is 3.07. The largest absolute Gasteiger partial charge is 0.497 e. The van der Waals surface area contributed by atoms with Gasteiger partial charge in [0.15, 0.2) is 0 Å². The second kappa shape index (κ2) is 8.51. The highest BCUT2D eigenvalue weighted by molar-refractivity contribution is 6.00. The molecule has 1 saturated heterocycles. The van der Waals surface area contributed by atoms with Crippen LogP contribution in [-0.2, 0) is 4.79 Å². The number of primary amides is 1. The number of methoxy groups -OCH3 is 2. The Kier molecular flexibility index (Phi) is 5.87. The predicted octanol–water partition coefficient (Wildman–Crippen LogP) is 1.68. The Balaban J connectivity index is 1.65. The normalized spacial score (nSPS) is 13.4. The van der Waals surface area contributed by atoms with Crippen LogP contribution in [0.5, 0.6) is 11.5 Å². The quantitative estimate of drug-likeness (QED) is 0.737. The summed E-state index contributed by atoms with van der Waals surface area (Å²) in [5.74, 6) is 0.257. The van der Waals surface area contributed by atoms with Crippen molar-refractivity contribution in [1.82, 2.24) is 4.90 Å². The van der Waals surface area contributed by atoms with Gasteiger partial charge in [-0.15, -0.1) is 0 Å². The van der Waals surface area contributed by atoms with E-state index in [-0.39, 0.29) is 18.5 Å². The zero-order valence-electron chi connectivity index (χ0n) is 16.2. The molecule has 2 aromatic carbocycles. The van der Waals surface area contributed by atoms with E-state index >= 15 is 0 Å². The lowest BCUT2D eigenvalue weighted by atomic mass is 10.2. The molecule has 0 aliphatic carbocycles. The molecule has 1 fully saturated rings. The standard InChI is InChI=1S/C20H22N4O5/c1-28-15-7-8-17(29-2)16(11-15)24-10-9-23(20(24)27)12-18(25)22-14-5-3-13(4-6-14)19(21)26/h3-8,11H,9-10,12H2,1-2H3,(H2,21,26)(H,22,25). The number of carbonyl (C=O) groups is 3. The number of nitrogens with two attached hydrogens (primary N) is 1. The fourth-order valence-corrected chi connectivity index (χ4v) is 3.05. The molecule has 0 spiro atoms.